The topological polar surface area (TPSA) is 45.0 Å². The summed E-state index contributed by atoms with van der Waals surface area (Å²) in [5.41, 5.74) is 0. The number of carbonyl (C=O) groups excluding carboxylic acids is 1. The monoisotopic (exact) mass is 213 g/mol. The highest BCUT2D eigenvalue weighted by atomic mass is 79.9. The van der Waals surface area contributed by atoms with Crippen molar-refractivity contribution in [1.82, 2.24) is 4.90 Å². The summed E-state index contributed by atoms with van der Waals surface area (Å²) in [6.07, 6.45) is 3.41. The first-order chi connectivity index (χ1) is 5.25. The van der Waals surface area contributed by atoms with E-state index >= 15 is 0 Å². The summed E-state index contributed by atoms with van der Waals surface area (Å²) in [4.78, 5) is 20.1. The minimum atomic E-state index is -0.143. The molecule has 2 heterocycles. The Balaban J connectivity index is 2.36. The maximum atomic E-state index is 10.8. The molecule has 0 bridgehead atoms. The minimum Gasteiger partial charge on any atom is -0.306 e. The molecule has 0 saturated carbocycles. The molecule has 11 heavy (non-hydrogen) atoms. The van der Waals surface area contributed by atoms with Crippen molar-refractivity contribution < 1.29 is 4.79 Å². The number of allylic oxidation sites excluding steroid dienone is 1. The molecule has 5 heteroatoms. The van der Waals surface area contributed by atoms with Gasteiger partial charge in [-0.2, -0.15) is 4.99 Å². The lowest BCUT2D eigenvalue weighted by atomic mass is 10.5. The van der Waals surface area contributed by atoms with E-state index in [1.54, 1.807) is 17.3 Å². The molecule has 0 spiro atoms. The van der Waals surface area contributed by atoms with Crippen LogP contribution < -0.4 is 0 Å². The zero-order valence-electron chi connectivity index (χ0n) is 5.49. The second-order valence-electron chi connectivity index (χ2n) is 2.21. The smallest absolute Gasteiger partial charge is 0.268 e. The second kappa shape index (κ2) is 2.27. The molecule has 56 valence electrons. The van der Waals surface area contributed by atoms with Crippen molar-refractivity contribution in [3.05, 3.63) is 10.7 Å². The van der Waals surface area contributed by atoms with Crippen LogP contribution in [0, 0.1) is 0 Å². The molecule has 2 rings (SSSR count). The Morgan fingerprint density at radius 2 is 2.45 bits per heavy atom. The summed E-state index contributed by atoms with van der Waals surface area (Å²) in [5, 5.41) is 0. The average Bonchev–Trinajstić information content (AvgIpc) is 2.27. The number of amides is 1. The van der Waals surface area contributed by atoms with E-state index in [2.05, 4.69) is 25.9 Å². The summed E-state index contributed by atoms with van der Waals surface area (Å²) < 4.78 is 0.853. The maximum Gasteiger partial charge on any atom is 0.268 e. The van der Waals surface area contributed by atoms with Crippen LogP contribution in [0.2, 0.25) is 0 Å². The standard InChI is InChI=1S/C6H4BrN3O/c7-4-1-8-6-9-5(11)3-10(6)2-4/h1-2H,3H2. The van der Waals surface area contributed by atoms with E-state index in [1.165, 1.54) is 0 Å². The van der Waals surface area contributed by atoms with E-state index in [0.717, 1.165) is 4.48 Å². The molecule has 0 aromatic rings. The fraction of sp³-hybridized carbons (Fsp3) is 0.167. The van der Waals surface area contributed by atoms with Crippen molar-refractivity contribution >= 4 is 34.0 Å². The molecule has 0 radical (unpaired) electrons. The molecule has 0 saturated heterocycles. The molecule has 0 aromatic heterocycles. The summed E-state index contributed by atoms with van der Waals surface area (Å²) in [7, 11) is 0. The van der Waals surface area contributed by atoms with Crippen LogP contribution in [0.4, 0.5) is 0 Å². The molecular formula is C6H4BrN3O. The number of nitrogens with zero attached hydrogens (tertiary/aromatic N) is 3. The van der Waals surface area contributed by atoms with Crippen molar-refractivity contribution in [2.75, 3.05) is 6.54 Å². The predicted octanol–water partition coefficient (Wildman–Crippen LogP) is 0.505. The van der Waals surface area contributed by atoms with Crippen LogP contribution in [0.15, 0.2) is 20.7 Å². The molecule has 0 aromatic carbocycles. The quantitative estimate of drug-likeness (QED) is 0.589. The first kappa shape index (κ1) is 6.72. The van der Waals surface area contributed by atoms with E-state index < -0.39 is 0 Å². The molecule has 0 atom stereocenters. The van der Waals surface area contributed by atoms with E-state index in [1.807, 2.05) is 0 Å². The number of aliphatic imine (C=N–C) groups is 2. The van der Waals surface area contributed by atoms with Gasteiger partial charge in [-0.15, -0.1) is 0 Å². The summed E-state index contributed by atoms with van der Waals surface area (Å²) in [6, 6.07) is 0. The van der Waals surface area contributed by atoms with Crippen molar-refractivity contribution in [3.63, 3.8) is 0 Å². The van der Waals surface area contributed by atoms with Crippen molar-refractivity contribution in [3.8, 4) is 0 Å². The average molecular weight is 214 g/mol. The van der Waals surface area contributed by atoms with Crippen LogP contribution in [0.5, 0.6) is 0 Å². The van der Waals surface area contributed by atoms with Gasteiger partial charge in [0.05, 0.1) is 4.48 Å². The van der Waals surface area contributed by atoms with E-state index in [9.17, 15) is 4.79 Å². The highest BCUT2D eigenvalue weighted by Crippen LogP contribution is 2.14. The summed E-state index contributed by atoms with van der Waals surface area (Å²) in [5.74, 6) is 0.341. The molecule has 0 aliphatic carbocycles. The Morgan fingerprint density at radius 3 is 3.27 bits per heavy atom. The first-order valence-corrected chi connectivity index (χ1v) is 3.84. The third-order valence-corrected chi connectivity index (χ3v) is 1.78. The first-order valence-electron chi connectivity index (χ1n) is 3.05. The van der Waals surface area contributed by atoms with Gasteiger partial charge < -0.3 is 4.90 Å². The Morgan fingerprint density at radius 1 is 1.64 bits per heavy atom. The third-order valence-electron chi connectivity index (χ3n) is 1.37. The number of guanidine groups is 1. The lowest BCUT2D eigenvalue weighted by Crippen LogP contribution is -2.23. The van der Waals surface area contributed by atoms with Gasteiger partial charge in [0, 0.05) is 12.4 Å². The Bertz CT molecular complexity index is 305. The third kappa shape index (κ3) is 1.11. The summed E-state index contributed by atoms with van der Waals surface area (Å²) >= 11 is 3.25. The van der Waals surface area contributed by atoms with Gasteiger partial charge >= 0.3 is 0 Å². The molecule has 0 fully saturated rings. The van der Waals surface area contributed by atoms with E-state index in [-0.39, 0.29) is 5.91 Å². The maximum absolute atomic E-state index is 10.8. The van der Waals surface area contributed by atoms with Crippen LogP contribution in [-0.2, 0) is 4.79 Å². The van der Waals surface area contributed by atoms with Gasteiger partial charge in [0.1, 0.15) is 6.54 Å². The SMILES string of the molecule is O=C1CN2C=C(Br)C=NC2=N1. The van der Waals surface area contributed by atoms with Crippen molar-refractivity contribution in [1.29, 1.82) is 0 Å². The van der Waals surface area contributed by atoms with E-state index in [4.69, 9.17) is 0 Å². The Kier molecular flexibility index (Phi) is 1.38. The number of rotatable bonds is 0. The highest BCUT2D eigenvalue weighted by molar-refractivity contribution is 9.12. The Labute approximate surface area is 71.4 Å². The molecule has 0 unspecified atom stereocenters. The predicted molar refractivity (Wildman–Crippen MR) is 44.6 cm³/mol. The van der Waals surface area contributed by atoms with Gasteiger partial charge in [0.2, 0.25) is 5.96 Å². The van der Waals surface area contributed by atoms with Gasteiger partial charge in [-0.05, 0) is 15.9 Å². The summed E-state index contributed by atoms with van der Waals surface area (Å²) in [6.45, 7) is 0.307. The van der Waals surface area contributed by atoms with E-state index in [0.29, 0.717) is 12.5 Å². The van der Waals surface area contributed by atoms with Crippen molar-refractivity contribution in [2.24, 2.45) is 9.98 Å². The lowest BCUT2D eigenvalue weighted by molar-refractivity contribution is -0.116. The fourth-order valence-corrected chi connectivity index (χ4v) is 1.29. The minimum absolute atomic E-state index is 0.143. The number of fused-ring (bicyclic) bond motifs is 1. The van der Waals surface area contributed by atoms with Gasteiger partial charge in [-0.25, -0.2) is 4.99 Å². The van der Waals surface area contributed by atoms with Crippen LogP contribution >= 0.6 is 15.9 Å². The zero-order valence-corrected chi connectivity index (χ0v) is 7.08. The van der Waals surface area contributed by atoms with Gasteiger partial charge in [0.15, 0.2) is 0 Å². The molecule has 4 nitrogen and oxygen atoms in total. The lowest BCUT2D eigenvalue weighted by Gasteiger charge is -2.13. The molecule has 2 aliphatic rings. The van der Waals surface area contributed by atoms with Gasteiger partial charge in [-0.3, -0.25) is 4.79 Å². The molecular weight excluding hydrogens is 210 g/mol. The number of hydrogen-bond acceptors (Lipinski definition) is 3. The normalized spacial score (nSPS) is 21.5. The molecule has 1 amide bonds. The fourth-order valence-electron chi connectivity index (χ4n) is 0.936. The van der Waals surface area contributed by atoms with Gasteiger partial charge in [0.25, 0.3) is 5.91 Å². The highest BCUT2D eigenvalue weighted by Gasteiger charge is 2.22. The molecule has 0 N–H and O–H groups in total. The second-order valence-corrected chi connectivity index (χ2v) is 3.12. The van der Waals surface area contributed by atoms with Crippen LogP contribution in [0.25, 0.3) is 0 Å². The van der Waals surface area contributed by atoms with Crippen LogP contribution in [-0.4, -0.2) is 29.5 Å². The van der Waals surface area contributed by atoms with Crippen LogP contribution in [0.3, 0.4) is 0 Å². The number of halogens is 1. The number of hydrogen-bond donors (Lipinski definition) is 0. The number of carbonyl (C=O) groups is 1. The molecule has 2 aliphatic heterocycles. The van der Waals surface area contributed by atoms with Crippen molar-refractivity contribution in [2.45, 2.75) is 0 Å². The Hall–Kier alpha value is -0.970. The zero-order chi connectivity index (χ0) is 7.84. The van der Waals surface area contributed by atoms with Crippen LogP contribution in [0.1, 0.15) is 0 Å². The largest absolute Gasteiger partial charge is 0.306 e. The van der Waals surface area contributed by atoms with Gasteiger partial charge in [-0.1, -0.05) is 0 Å².